The SMILES string of the molecule is COc1ccc(NC(=O)C(C)OC(=O)c2csc(NCc3ccccc3)n2)cc1. The fraction of sp³-hybridized carbons (Fsp3) is 0.190. The maximum absolute atomic E-state index is 12.3. The molecule has 1 amide bonds. The van der Waals surface area contributed by atoms with Crippen molar-refractivity contribution >= 4 is 34.0 Å². The molecule has 0 aliphatic rings. The molecule has 1 aromatic heterocycles. The number of aromatic nitrogens is 1. The number of hydrogen-bond donors (Lipinski definition) is 2. The van der Waals surface area contributed by atoms with Crippen molar-refractivity contribution in [3.05, 3.63) is 71.2 Å². The molecule has 7 nitrogen and oxygen atoms in total. The highest BCUT2D eigenvalue weighted by Crippen LogP contribution is 2.18. The first kappa shape index (κ1) is 20.3. The Bertz CT molecular complexity index is 958. The van der Waals surface area contributed by atoms with Crippen LogP contribution in [0.4, 0.5) is 10.8 Å². The Labute approximate surface area is 172 Å². The third-order valence-electron chi connectivity index (χ3n) is 4.01. The van der Waals surface area contributed by atoms with E-state index in [9.17, 15) is 9.59 Å². The fourth-order valence-corrected chi connectivity index (χ4v) is 3.09. The summed E-state index contributed by atoms with van der Waals surface area (Å²) in [7, 11) is 1.57. The zero-order valence-corrected chi connectivity index (χ0v) is 16.9. The van der Waals surface area contributed by atoms with Crippen molar-refractivity contribution in [3.63, 3.8) is 0 Å². The van der Waals surface area contributed by atoms with E-state index in [2.05, 4.69) is 15.6 Å². The molecule has 29 heavy (non-hydrogen) atoms. The molecule has 1 atom stereocenters. The molecule has 8 heteroatoms. The van der Waals surface area contributed by atoms with Crippen LogP contribution in [-0.2, 0) is 16.1 Å². The van der Waals surface area contributed by atoms with Gasteiger partial charge in [-0.2, -0.15) is 0 Å². The zero-order valence-electron chi connectivity index (χ0n) is 16.0. The number of rotatable bonds is 8. The largest absolute Gasteiger partial charge is 0.497 e. The number of hydrogen-bond acceptors (Lipinski definition) is 7. The van der Waals surface area contributed by atoms with E-state index >= 15 is 0 Å². The molecule has 1 unspecified atom stereocenters. The molecule has 0 radical (unpaired) electrons. The molecule has 150 valence electrons. The highest BCUT2D eigenvalue weighted by molar-refractivity contribution is 7.13. The van der Waals surface area contributed by atoms with Gasteiger partial charge in [-0.05, 0) is 36.8 Å². The van der Waals surface area contributed by atoms with E-state index in [0.29, 0.717) is 23.1 Å². The van der Waals surface area contributed by atoms with Crippen LogP contribution < -0.4 is 15.4 Å². The summed E-state index contributed by atoms with van der Waals surface area (Å²) in [5.74, 6) is -0.393. The minimum absolute atomic E-state index is 0.162. The maximum atomic E-state index is 12.3. The summed E-state index contributed by atoms with van der Waals surface area (Å²) >= 11 is 1.30. The molecule has 0 saturated heterocycles. The van der Waals surface area contributed by atoms with E-state index in [-0.39, 0.29) is 5.69 Å². The van der Waals surface area contributed by atoms with Crippen molar-refractivity contribution in [3.8, 4) is 5.75 Å². The Hall–Kier alpha value is -3.39. The van der Waals surface area contributed by atoms with Gasteiger partial charge in [0.05, 0.1) is 7.11 Å². The molecular formula is C21H21N3O4S. The second kappa shape index (κ2) is 9.70. The van der Waals surface area contributed by atoms with Crippen LogP contribution >= 0.6 is 11.3 Å². The number of carbonyl (C=O) groups is 2. The van der Waals surface area contributed by atoms with Crippen LogP contribution in [0.5, 0.6) is 5.75 Å². The minimum Gasteiger partial charge on any atom is -0.497 e. The first-order valence-electron chi connectivity index (χ1n) is 8.94. The molecule has 1 heterocycles. The average molecular weight is 411 g/mol. The van der Waals surface area contributed by atoms with Gasteiger partial charge in [-0.25, -0.2) is 9.78 Å². The van der Waals surface area contributed by atoms with Gasteiger partial charge in [0.25, 0.3) is 5.91 Å². The number of esters is 1. The lowest BCUT2D eigenvalue weighted by molar-refractivity contribution is -0.123. The van der Waals surface area contributed by atoms with E-state index in [1.165, 1.54) is 18.3 Å². The number of thiazole rings is 1. The summed E-state index contributed by atoms with van der Waals surface area (Å²) in [4.78, 5) is 28.8. The molecule has 0 fully saturated rings. The van der Waals surface area contributed by atoms with Gasteiger partial charge in [-0.15, -0.1) is 11.3 Å². The molecule has 2 N–H and O–H groups in total. The average Bonchev–Trinajstić information content (AvgIpc) is 3.23. The number of amides is 1. The minimum atomic E-state index is -0.966. The van der Waals surface area contributed by atoms with Crippen molar-refractivity contribution in [1.29, 1.82) is 0 Å². The van der Waals surface area contributed by atoms with E-state index < -0.39 is 18.0 Å². The predicted octanol–water partition coefficient (Wildman–Crippen LogP) is 3.95. The van der Waals surface area contributed by atoms with Crippen molar-refractivity contribution < 1.29 is 19.1 Å². The summed E-state index contributed by atoms with van der Waals surface area (Å²) in [5, 5.41) is 8.06. The van der Waals surface area contributed by atoms with Crippen LogP contribution in [0.25, 0.3) is 0 Å². The third kappa shape index (κ3) is 5.79. The Kier molecular flexibility index (Phi) is 6.80. The summed E-state index contributed by atoms with van der Waals surface area (Å²) < 4.78 is 10.3. The molecule has 0 aliphatic heterocycles. The van der Waals surface area contributed by atoms with Gasteiger partial charge in [0, 0.05) is 17.6 Å². The highest BCUT2D eigenvalue weighted by Gasteiger charge is 2.21. The van der Waals surface area contributed by atoms with Crippen LogP contribution in [0.15, 0.2) is 60.0 Å². The van der Waals surface area contributed by atoms with Crippen LogP contribution in [0.1, 0.15) is 23.0 Å². The lowest BCUT2D eigenvalue weighted by Gasteiger charge is -2.13. The predicted molar refractivity (Wildman–Crippen MR) is 112 cm³/mol. The molecular weight excluding hydrogens is 390 g/mol. The molecule has 3 aromatic rings. The highest BCUT2D eigenvalue weighted by atomic mass is 32.1. The van der Waals surface area contributed by atoms with Crippen LogP contribution in [0.3, 0.4) is 0 Å². The Morgan fingerprint density at radius 2 is 1.83 bits per heavy atom. The van der Waals surface area contributed by atoms with E-state index in [4.69, 9.17) is 9.47 Å². The van der Waals surface area contributed by atoms with E-state index in [1.807, 2.05) is 30.3 Å². The molecule has 0 saturated carbocycles. The number of ether oxygens (including phenoxy) is 2. The van der Waals surface area contributed by atoms with Gasteiger partial charge in [0.15, 0.2) is 16.9 Å². The standard InChI is InChI=1S/C21H21N3O4S/c1-14(19(25)23-16-8-10-17(27-2)11-9-16)28-20(26)18-13-29-21(24-18)22-12-15-6-4-3-5-7-15/h3-11,13-14H,12H2,1-2H3,(H,22,24)(H,23,25). The summed E-state index contributed by atoms with van der Waals surface area (Å²) in [6, 6.07) is 16.7. The Morgan fingerprint density at radius 3 is 2.52 bits per heavy atom. The summed E-state index contributed by atoms with van der Waals surface area (Å²) in [6.45, 7) is 2.11. The number of nitrogens with zero attached hydrogens (tertiary/aromatic N) is 1. The van der Waals surface area contributed by atoms with Gasteiger partial charge in [0.1, 0.15) is 5.75 Å². The summed E-state index contributed by atoms with van der Waals surface area (Å²) in [5.41, 5.74) is 1.85. The lowest BCUT2D eigenvalue weighted by atomic mass is 10.2. The molecule has 3 rings (SSSR count). The number of anilines is 2. The van der Waals surface area contributed by atoms with E-state index in [0.717, 1.165) is 5.56 Å². The topological polar surface area (TPSA) is 89.5 Å². The second-order valence-corrected chi connectivity index (χ2v) is 7.00. The van der Waals surface area contributed by atoms with Crippen molar-refractivity contribution in [2.24, 2.45) is 0 Å². The monoisotopic (exact) mass is 411 g/mol. The molecule has 2 aromatic carbocycles. The quantitative estimate of drug-likeness (QED) is 0.546. The smallest absolute Gasteiger partial charge is 0.358 e. The van der Waals surface area contributed by atoms with Crippen molar-refractivity contribution in [1.82, 2.24) is 4.98 Å². The molecule has 0 spiro atoms. The summed E-state index contributed by atoms with van der Waals surface area (Å²) in [6.07, 6.45) is -0.966. The van der Waals surface area contributed by atoms with Crippen LogP contribution in [-0.4, -0.2) is 30.1 Å². The zero-order chi connectivity index (χ0) is 20.6. The van der Waals surface area contributed by atoms with Crippen LogP contribution in [0, 0.1) is 0 Å². The second-order valence-electron chi connectivity index (χ2n) is 6.14. The van der Waals surface area contributed by atoms with Gasteiger partial charge >= 0.3 is 5.97 Å². The Morgan fingerprint density at radius 1 is 1.10 bits per heavy atom. The first-order valence-corrected chi connectivity index (χ1v) is 9.82. The molecule has 0 aliphatic carbocycles. The fourth-order valence-electron chi connectivity index (χ4n) is 2.41. The number of nitrogens with one attached hydrogen (secondary N) is 2. The van der Waals surface area contributed by atoms with Crippen molar-refractivity contribution in [2.75, 3.05) is 17.7 Å². The van der Waals surface area contributed by atoms with E-state index in [1.54, 1.807) is 36.8 Å². The van der Waals surface area contributed by atoms with Gasteiger partial charge in [-0.3, -0.25) is 4.79 Å². The number of methoxy groups -OCH3 is 1. The molecule has 0 bridgehead atoms. The van der Waals surface area contributed by atoms with Crippen molar-refractivity contribution in [2.45, 2.75) is 19.6 Å². The normalized spacial score (nSPS) is 11.4. The third-order valence-corrected chi connectivity index (χ3v) is 4.81. The number of carbonyl (C=O) groups excluding carboxylic acids is 2. The Balaban J connectivity index is 1.51. The van der Waals surface area contributed by atoms with Gasteiger partial charge < -0.3 is 20.1 Å². The number of benzene rings is 2. The van der Waals surface area contributed by atoms with Gasteiger partial charge in [0.2, 0.25) is 0 Å². The lowest BCUT2D eigenvalue weighted by Crippen LogP contribution is -2.30. The van der Waals surface area contributed by atoms with Crippen LogP contribution in [0.2, 0.25) is 0 Å². The maximum Gasteiger partial charge on any atom is 0.358 e. The van der Waals surface area contributed by atoms with Gasteiger partial charge in [-0.1, -0.05) is 30.3 Å². The first-order chi connectivity index (χ1) is 14.0.